The van der Waals surface area contributed by atoms with Gasteiger partial charge < -0.3 is 10.8 Å². The van der Waals surface area contributed by atoms with Gasteiger partial charge >= 0.3 is 0 Å². The van der Waals surface area contributed by atoms with Crippen molar-refractivity contribution in [2.24, 2.45) is 5.92 Å². The van der Waals surface area contributed by atoms with Crippen LogP contribution in [0.1, 0.15) is 13.8 Å². The van der Waals surface area contributed by atoms with Gasteiger partial charge in [-0.1, -0.05) is 13.8 Å². The van der Waals surface area contributed by atoms with Crippen LogP contribution in [0.5, 0.6) is 0 Å². The van der Waals surface area contributed by atoms with Gasteiger partial charge in [-0.25, -0.2) is 17.5 Å². The molecule has 1 aromatic carbocycles. The molecule has 108 valence electrons. The summed E-state index contributed by atoms with van der Waals surface area (Å²) >= 11 is 2.91. The monoisotopic (exact) mass is 354 g/mol. The molecule has 5 nitrogen and oxygen atoms in total. The van der Waals surface area contributed by atoms with Gasteiger partial charge in [0, 0.05) is 6.04 Å². The highest BCUT2D eigenvalue weighted by Crippen LogP contribution is 2.26. The quantitative estimate of drug-likeness (QED) is 0.698. The van der Waals surface area contributed by atoms with Gasteiger partial charge in [0.1, 0.15) is 10.7 Å². The number of anilines is 1. The van der Waals surface area contributed by atoms with Gasteiger partial charge in [-0.15, -0.1) is 0 Å². The SMILES string of the molecule is CC(C)C(CO)NS(=O)(=O)c1cc(Br)c(F)cc1N. The molecule has 1 aromatic rings. The van der Waals surface area contributed by atoms with E-state index in [2.05, 4.69) is 20.7 Å². The molecule has 1 unspecified atom stereocenters. The smallest absolute Gasteiger partial charge is 0.242 e. The summed E-state index contributed by atoms with van der Waals surface area (Å²) in [6.45, 7) is 3.21. The first kappa shape index (κ1) is 16.4. The van der Waals surface area contributed by atoms with Gasteiger partial charge in [0.15, 0.2) is 0 Å². The molecule has 0 spiro atoms. The van der Waals surface area contributed by atoms with E-state index in [1.807, 2.05) is 0 Å². The molecule has 8 heteroatoms. The first-order chi connectivity index (χ1) is 8.69. The number of nitrogen functional groups attached to an aromatic ring is 1. The molecule has 0 aliphatic rings. The van der Waals surface area contributed by atoms with Gasteiger partial charge in [-0.2, -0.15) is 0 Å². The van der Waals surface area contributed by atoms with E-state index in [0.29, 0.717) is 0 Å². The lowest BCUT2D eigenvalue weighted by molar-refractivity contribution is 0.227. The lowest BCUT2D eigenvalue weighted by Gasteiger charge is -2.20. The molecule has 0 aliphatic carbocycles. The van der Waals surface area contributed by atoms with Crippen LogP contribution in [-0.4, -0.2) is 26.2 Å². The summed E-state index contributed by atoms with van der Waals surface area (Å²) in [5.41, 5.74) is 5.34. The highest BCUT2D eigenvalue weighted by atomic mass is 79.9. The van der Waals surface area contributed by atoms with Crippen molar-refractivity contribution in [2.75, 3.05) is 12.3 Å². The Balaban J connectivity index is 3.17. The van der Waals surface area contributed by atoms with E-state index in [1.165, 1.54) is 0 Å². The van der Waals surface area contributed by atoms with Crippen LogP contribution in [0.3, 0.4) is 0 Å². The Hall–Kier alpha value is -0.700. The Morgan fingerprint density at radius 1 is 1.47 bits per heavy atom. The van der Waals surface area contributed by atoms with Crippen LogP contribution in [0, 0.1) is 11.7 Å². The summed E-state index contributed by atoms with van der Waals surface area (Å²) in [7, 11) is -3.92. The zero-order chi connectivity index (χ0) is 14.8. The van der Waals surface area contributed by atoms with Crippen LogP contribution in [0.15, 0.2) is 21.5 Å². The summed E-state index contributed by atoms with van der Waals surface area (Å²) in [5, 5.41) is 9.15. The lowest BCUT2D eigenvalue weighted by Crippen LogP contribution is -2.41. The van der Waals surface area contributed by atoms with Gasteiger partial charge in [0.2, 0.25) is 10.0 Å². The van der Waals surface area contributed by atoms with E-state index in [9.17, 15) is 12.8 Å². The highest BCUT2D eigenvalue weighted by Gasteiger charge is 2.24. The van der Waals surface area contributed by atoms with Crippen LogP contribution in [-0.2, 0) is 10.0 Å². The van der Waals surface area contributed by atoms with Crippen LogP contribution in [0.4, 0.5) is 10.1 Å². The number of hydrogen-bond donors (Lipinski definition) is 3. The number of halogens is 2. The van der Waals surface area contributed by atoms with Crippen molar-refractivity contribution >= 4 is 31.6 Å². The van der Waals surface area contributed by atoms with Crippen LogP contribution < -0.4 is 10.5 Å². The van der Waals surface area contributed by atoms with Gasteiger partial charge in [-0.05, 0) is 34.0 Å². The van der Waals surface area contributed by atoms with Crippen molar-refractivity contribution in [3.8, 4) is 0 Å². The molecule has 0 bridgehead atoms. The van der Waals surface area contributed by atoms with Gasteiger partial charge in [0.05, 0.1) is 16.8 Å². The Morgan fingerprint density at radius 2 is 2.05 bits per heavy atom. The molecule has 0 amide bonds. The molecular weight excluding hydrogens is 339 g/mol. The normalized spacial score (nSPS) is 13.8. The third-order valence-corrected chi connectivity index (χ3v) is 4.80. The summed E-state index contributed by atoms with van der Waals surface area (Å²) in [5.74, 6) is -0.732. The molecule has 0 aliphatic heterocycles. The molecule has 0 aromatic heterocycles. The van der Waals surface area contributed by atoms with E-state index in [-0.39, 0.29) is 27.6 Å². The second-order valence-electron chi connectivity index (χ2n) is 4.46. The van der Waals surface area contributed by atoms with Crippen LogP contribution >= 0.6 is 15.9 Å². The van der Waals surface area contributed by atoms with Gasteiger partial charge in [0.25, 0.3) is 0 Å². The maximum absolute atomic E-state index is 13.2. The topological polar surface area (TPSA) is 92.4 Å². The van der Waals surface area contributed by atoms with Crippen molar-refractivity contribution in [1.82, 2.24) is 4.72 Å². The summed E-state index contributed by atoms with van der Waals surface area (Å²) < 4.78 is 39.9. The molecule has 0 saturated heterocycles. The van der Waals surface area contributed by atoms with Crippen molar-refractivity contribution in [2.45, 2.75) is 24.8 Å². The highest BCUT2D eigenvalue weighted by molar-refractivity contribution is 9.10. The molecule has 1 atom stereocenters. The molecule has 0 radical (unpaired) electrons. The van der Waals surface area contributed by atoms with Crippen molar-refractivity contribution in [3.05, 3.63) is 22.4 Å². The number of aliphatic hydroxyl groups excluding tert-OH is 1. The van der Waals surface area contributed by atoms with Crippen molar-refractivity contribution < 1.29 is 17.9 Å². The second-order valence-corrected chi connectivity index (χ2v) is 7.00. The van der Waals surface area contributed by atoms with Crippen molar-refractivity contribution in [3.63, 3.8) is 0 Å². The predicted octanol–water partition coefficient (Wildman–Crippen LogP) is 1.47. The van der Waals surface area contributed by atoms with Crippen LogP contribution in [0.2, 0.25) is 0 Å². The first-order valence-electron chi connectivity index (χ1n) is 5.56. The fourth-order valence-corrected chi connectivity index (χ4v) is 3.43. The zero-order valence-corrected chi connectivity index (χ0v) is 12.9. The second kappa shape index (κ2) is 6.17. The molecule has 0 fully saturated rings. The Morgan fingerprint density at radius 3 is 2.53 bits per heavy atom. The number of benzene rings is 1. The van der Waals surface area contributed by atoms with E-state index < -0.39 is 21.9 Å². The summed E-state index contributed by atoms with van der Waals surface area (Å²) in [4.78, 5) is -0.222. The average molecular weight is 355 g/mol. The number of nitrogens with one attached hydrogen (secondary N) is 1. The Bertz CT molecular complexity index is 563. The minimum absolute atomic E-state index is 0.00664. The van der Waals surface area contributed by atoms with E-state index in [1.54, 1.807) is 13.8 Å². The van der Waals surface area contributed by atoms with E-state index >= 15 is 0 Å². The molecule has 1 rings (SSSR count). The summed E-state index contributed by atoms with van der Waals surface area (Å²) in [6.07, 6.45) is 0. The van der Waals surface area contributed by atoms with E-state index in [4.69, 9.17) is 10.8 Å². The van der Waals surface area contributed by atoms with Crippen LogP contribution in [0.25, 0.3) is 0 Å². The number of nitrogens with two attached hydrogens (primary N) is 1. The lowest BCUT2D eigenvalue weighted by atomic mass is 10.1. The van der Waals surface area contributed by atoms with Gasteiger partial charge in [-0.3, -0.25) is 0 Å². The first-order valence-corrected chi connectivity index (χ1v) is 7.84. The third kappa shape index (κ3) is 3.88. The number of hydrogen-bond acceptors (Lipinski definition) is 4. The largest absolute Gasteiger partial charge is 0.398 e. The average Bonchev–Trinajstić information content (AvgIpc) is 2.30. The minimum atomic E-state index is -3.92. The van der Waals surface area contributed by atoms with E-state index in [0.717, 1.165) is 12.1 Å². The minimum Gasteiger partial charge on any atom is -0.398 e. The molecule has 19 heavy (non-hydrogen) atoms. The molecular formula is C11H16BrFN2O3S. The predicted molar refractivity (Wildman–Crippen MR) is 74.5 cm³/mol. The number of rotatable bonds is 5. The fraction of sp³-hybridized carbons (Fsp3) is 0.455. The standard InChI is InChI=1S/C11H16BrFN2O3S/c1-6(2)10(5-16)15-19(17,18)11-3-7(12)8(13)4-9(11)14/h3-4,6,10,15-16H,5,14H2,1-2H3. The maximum Gasteiger partial charge on any atom is 0.242 e. The maximum atomic E-state index is 13.2. The number of aliphatic hydroxyl groups is 1. The number of sulfonamides is 1. The zero-order valence-electron chi connectivity index (χ0n) is 10.5. The van der Waals surface area contributed by atoms with Crippen molar-refractivity contribution in [1.29, 1.82) is 0 Å². The Kier molecular flexibility index (Phi) is 5.31. The fourth-order valence-electron chi connectivity index (χ4n) is 1.42. The molecule has 4 N–H and O–H groups in total. The third-order valence-electron chi connectivity index (χ3n) is 2.65. The summed E-state index contributed by atoms with van der Waals surface area (Å²) in [6, 6.07) is 1.40. The Labute approximate surface area is 120 Å². The molecule has 0 saturated carbocycles. The molecule has 0 heterocycles.